The molecule has 146 valence electrons. The van der Waals surface area contributed by atoms with Crippen LogP contribution in [0.25, 0.3) is 0 Å². The summed E-state index contributed by atoms with van der Waals surface area (Å²) in [5.74, 6) is -4.34. The van der Waals surface area contributed by atoms with Gasteiger partial charge in [0.2, 0.25) is 5.78 Å². The molecule has 1 atom stereocenters. The zero-order chi connectivity index (χ0) is 20.7. The highest BCUT2D eigenvalue weighted by atomic mass is 32.1. The number of aromatic hydroxyl groups is 1. The van der Waals surface area contributed by atoms with E-state index in [1.807, 2.05) is 0 Å². The van der Waals surface area contributed by atoms with Crippen molar-refractivity contribution >= 4 is 28.7 Å². The van der Waals surface area contributed by atoms with Gasteiger partial charge in [-0.15, -0.1) is 11.3 Å². The van der Waals surface area contributed by atoms with E-state index in [0.29, 0.717) is 0 Å². The van der Waals surface area contributed by atoms with Gasteiger partial charge in [-0.25, -0.2) is 8.78 Å². The number of hydrogen-bond donors (Lipinski definition) is 2. The van der Waals surface area contributed by atoms with Crippen LogP contribution in [0.5, 0.6) is 5.75 Å². The predicted molar refractivity (Wildman–Crippen MR) is 103 cm³/mol. The van der Waals surface area contributed by atoms with E-state index in [1.165, 1.54) is 30.3 Å². The number of phenolic OH excluding ortho intramolecular Hbond substituents is 1. The first kappa shape index (κ1) is 18.8. The minimum absolute atomic E-state index is 0.149. The molecule has 1 aliphatic heterocycles. The van der Waals surface area contributed by atoms with E-state index in [1.54, 1.807) is 11.4 Å². The molecule has 1 aromatic heterocycles. The molecule has 2 N–H and O–H groups in total. The predicted octanol–water partition coefficient (Wildman–Crippen LogP) is 4.51. The van der Waals surface area contributed by atoms with Crippen LogP contribution >= 0.6 is 11.3 Å². The molecule has 2 aromatic carbocycles. The summed E-state index contributed by atoms with van der Waals surface area (Å²) in [6, 6.07) is 10.2. The summed E-state index contributed by atoms with van der Waals surface area (Å²) in [6.07, 6.45) is 0. The Hall–Kier alpha value is -3.52. The molecular formula is C21H13F2NO4S. The van der Waals surface area contributed by atoms with Crippen LogP contribution in [0.4, 0.5) is 14.5 Å². The molecule has 4 rings (SSSR count). The number of halogens is 2. The topological polar surface area (TPSA) is 77.8 Å². The van der Waals surface area contributed by atoms with Crippen molar-refractivity contribution < 1.29 is 28.6 Å². The molecular weight excluding hydrogens is 400 g/mol. The van der Waals surface area contributed by atoms with E-state index in [-0.39, 0.29) is 21.8 Å². The minimum Gasteiger partial charge on any atom is -0.508 e. The number of anilines is 1. The molecule has 0 radical (unpaired) electrons. The van der Waals surface area contributed by atoms with E-state index >= 15 is 0 Å². The molecule has 0 spiro atoms. The Labute approximate surface area is 167 Å². The van der Waals surface area contributed by atoms with Crippen LogP contribution in [0.2, 0.25) is 0 Å². The maximum absolute atomic E-state index is 14.5. The fourth-order valence-electron chi connectivity index (χ4n) is 3.31. The number of rotatable bonds is 4. The Kier molecular flexibility index (Phi) is 4.63. The van der Waals surface area contributed by atoms with Crippen molar-refractivity contribution in [3.8, 4) is 5.75 Å². The van der Waals surface area contributed by atoms with Crippen molar-refractivity contribution in [2.24, 2.45) is 0 Å². The van der Waals surface area contributed by atoms with E-state index in [0.717, 1.165) is 34.4 Å². The van der Waals surface area contributed by atoms with Gasteiger partial charge in [0.1, 0.15) is 17.4 Å². The lowest BCUT2D eigenvalue weighted by molar-refractivity contribution is -0.117. The molecule has 0 bridgehead atoms. The van der Waals surface area contributed by atoms with Crippen molar-refractivity contribution in [1.82, 2.24) is 0 Å². The van der Waals surface area contributed by atoms with Gasteiger partial charge in [-0.2, -0.15) is 0 Å². The van der Waals surface area contributed by atoms with Gasteiger partial charge < -0.3 is 10.2 Å². The summed E-state index contributed by atoms with van der Waals surface area (Å²) < 4.78 is 28.3. The van der Waals surface area contributed by atoms with Crippen molar-refractivity contribution in [2.45, 2.75) is 6.04 Å². The molecule has 3 aromatic rings. The normalized spacial score (nSPS) is 16.6. The molecule has 5 nitrogen and oxygen atoms in total. The number of amides is 1. The van der Waals surface area contributed by atoms with Crippen molar-refractivity contribution in [3.05, 3.63) is 93.4 Å². The summed E-state index contributed by atoms with van der Waals surface area (Å²) in [5, 5.41) is 22.0. The number of aliphatic hydroxyl groups is 1. The number of phenols is 1. The second kappa shape index (κ2) is 7.14. The minimum atomic E-state index is -1.25. The fraction of sp³-hybridized carbons (Fsp3) is 0.0476. The summed E-state index contributed by atoms with van der Waals surface area (Å²) in [7, 11) is 0. The lowest BCUT2D eigenvalue weighted by Gasteiger charge is -2.27. The second-order valence-electron chi connectivity index (χ2n) is 6.34. The monoisotopic (exact) mass is 413 g/mol. The fourth-order valence-corrected chi connectivity index (χ4v) is 3.98. The highest BCUT2D eigenvalue weighted by Gasteiger charge is 2.45. The largest absolute Gasteiger partial charge is 0.508 e. The van der Waals surface area contributed by atoms with Crippen LogP contribution in [0.15, 0.2) is 71.3 Å². The number of ketones is 1. The summed E-state index contributed by atoms with van der Waals surface area (Å²) >= 11 is 1.12. The zero-order valence-electron chi connectivity index (χ0n) is 14.7. The first-order valence-electron chi connectivity index (χ1n) is 8.47. The Morgan fingerprint density at radius 1 is 1.03 bits per heavy atom. The molecule has 1 unspecified atom stereocenters. The molecule has 0 saturated carbocycles. The van der Waals surface area contributed by atoms with Gasteiger partial charge in [-0.05, 0) is 41.3 Å². The summed E-state index contributed by atoms with van der Waals surface area (Å²) in [4.78, 5) is 27.0. The average molecular weight is 413 g/mol. The van der Waals surface area contributed by atoms with Gasteiger partial charge in [0, 0.05) is 6.07 Å². The van der Waals surface area contributed by atoms with Crippen LogP contribution in [0, 0.1) is 11.6 Å². The number of Topliss-reactive ketones (excluding diaryl/α,β-unsaturated/α-hetero) is 1. The third-order valence-corrected chi connectivity index (χ3v) is 5.42. The molecule has 0 aliphatic carbocycles. The maximum atomic E-state index is 14.5. The van der Waals surface area contributed by atoms with Crippen LogP contribution in [-0.4, -0.2) is 21.9 Å². The third kappa shape index (κ3) is 3.17. The number of nitrogens with zero attached hydrogens (tertiary/aromatic N) is 1. The lowest BCUT2D eigenvalue weighted by Crippen LogP contribution is -2.31. The Morgan fingerprint density at radius 2 is 1.83 bits per heavy atom. The Bertz CT molecular complexity index is 1160. The van der Waals surface area contributed by atoms with E-state index < -0.39 is 40.8 Å². The first-order valence-corrected chi connectivity index (χ1v) is 9.35. The molecule has 8 heteroatoms. The van der Waals surface area contributed by atoms with E-state index in [2.05, 4.69) is 0 Å². The quantitative estimate of drug-likeness (QED) is 0.617. The average Bonchev–Trinajstić information content (AvgIpc) is 3.31. The van der Waals surface area contributed by atoms with Crippen molar-refractivity contribution in [1.29, 1.82) is 0 Å². The van der Waals surface area contributed by atoms with Gasteiger partial charge in [-0.3, -0.25) is 14.5 Å². The Morgan fingerprint density at radius 3 is 2.52 bits per heavy atom. The van der Waals surface area contributed by atoms with Crippen LogP contribution in [0.3, 0.4) is 0 Å². The molecule has 1 aliphatic rings. The van der Waals surface area contributed by atoms with Gasteiger partial charge in [0.25, 0.3) is 5.91 Å². The summed E-state index contributed by atoms with van der Waals surface area (Å²) in [6.45, 7) is 0. The Balaban J connectivity index is 1.94. The standard InChI is InChI=1S/C21H13F2NO4S/c22-12-6-7-14(23)15(10-12)24-18(11-3-1-4-13(25)9-11)17(20(27)21(24)28)19(26)16-5-2-8-29-16/h1-10,18,25,27H. The molecule has 2 heterocycles. The van der Waals surface area contributed by atoms with Gasteiger partial charge in [0.05, 0.1) is 22.2 Å². The number of benzene rings is 2. The molecule has 1 amide bonds. The second-order valence-corrected chi connectivity index (χ2v) is 7.28. The van der Waals surface area contributed by atoms with Crippen LogP contribution in [-0.2, 0) is 4.79 Å². The van der Waals surface area contributed by atoms with Crippen LogP contribution < -0.4 is 4.90 Å². The number of aliphatic hydroxyl groups excluding tert-OH is 1. The third-order valence-electron chi connectivity index (χ3n) is 4.55. The maximum Gasteiger partial charge on any atom is 0.294 e. The van der Waals surface area contributed by atoms with E-state index in [9.17, 15) is 28.6 Å². The van der Waals surface area contributed by atoms with Crippen molar-refractivity contribution in [2.75, 3.05) is 4.90 Å². The smallest absolute Gasteiger partial charge is 0.294 e. The van der Waals surface area contributed by atoms with Crippen LogP contribution in [0.1, 0.15) is 21.3 Å². The number of thiophene rings is 1. The van der Waals surface area contributed by atoms with E-state index in [4.69, 9.17) is 0 Å². The molecule has 0 saturated heterocycles. The van der Waals surface area contributed by atoms with Gasteiger partial charge >= 0.3 is 0 Å². The van der Waals surface area contributed by atoms with Crippen molar-refractivity contribution in [3.63, 3.8) is 0 Å². The number of carbonyl (C=O) groups excluding carboxylic acids is 2. The SMILES string of the molecule is O=C(C1=C(O)C(=O)N(c2cc(F)ccc2F)C1c1cccc(O)c1)c1cccs1. The number of hydrogen-bond acceptors (Lipinski definition) is 5. The summed E-state index contributed by atoms with van der Waals surface area (Å²) in [5.41, 5.74) is -0.443. The lowest BCUT2D eigenvalue weighted by atomic mass is 9.95. The molecule has 29 heavy (non-hydrogen) atoms. The van der Waals surface area contributed by atoms with Gasteiger partial charge in [-0.1, -0.05) is 18.2 Å². The highest BCUT2D eigenvalue weighted by molar-refractivity contribution is 7.12. The molecule has 0 fully saturated rings. The number of carbonyl (C=O) groups is 2. The zero-order valence-corrected chi connectivity index (χ0v) is 15.5. The van der Waals surface area contributed by atoms with Gasteiger partial charge in [0.15, 0.2) is 5.76 Å². The first-order chi connectivity index (χ1) is 13.9. The highest BCUT2D eigenvalue weighted by Crippen LogP contribution is 2.43.